The van der Waals surface area contributed by atoms with Gasteiger partial charge in [0, 0.05) is 23.5 Å². The van der Waals surface area contributed by atoms with Gasteiger partial charge in [-0.2, -0.15) is 0 Å². The highest BCUT2D eigenvalue weighted by Crippen LogP contribution is 2.18. The Labute approximate surface area is 133 Å². The van der Waals surface area contributed by atoms with Crippen LogP contribution in [0, 0.1) is 0 Å². The number of rotatable bonds is 6. The summed E-state index contributed by atoms with van der Waals surface area (Å²) in [6.45, 7) is 5.63. The molecule has 0 aliphatic rings. The molecule has 1 aromatic carbocycles. The molecule has 0 bridgehead atoms. The molecule has 4 nitrogen and oxygen atoms in total. The number of carbonyl (C=O) groups is 1. The lowest BCUT2D eigenvalue weighted by Crippen LogP contribution is -2.30. The van der Waals surface area contributed by atoms with Gasteiger partial charge < -0.3 is 9.64 Å². The molecule has 112 valence electrons. The van der Waals surface area contributed by atoms with Crippen molar-refractivity contribution < 1.29 is 9.53 Å². The SMILES string of the molecule is CCN(CC)C(=O)c1csc(COc2ccc(Cl)cc2)n1. The van der Waals surface area contributed by atoms with Crippen molar-refractivity contribution in [2.45, 2.75) is 20.5 Å². The van der Waals surface area contributed by atoms with Crippen LogP contribution < -0.4 is 4.74 Å². The van der Waals surface area contributed by atoms with Gasteiger partial charge in [-0.3, -0.25) is 4.79 Å². The molecule has 0 aliphatic heterocycles. The summed E-state index contributed by atoms with van der Waals surface area (Å²) in [6, 6.07) is 7.15. The predicted molar refractivity (Wildman–Crippen MR) is 85.1 cm³/mol. The normalized spacial score (nSPS) is 10.4. The van der Waals surface area contributed by atoms with Gasteiger partial charge in [0.05, 0.1) is 0 Å². The van der Waals surface area contributed by atoms with E-state index in [-0.39, 0.29) is 5.91 Å². The van der Waals surface area contributed by atoms with Crippen molar-refractivity contribution in [2.24, 2.45) is 0 Å². The number of hydrogen-bond donors (Lipinski definition) is 0. The fourth-order valence-corrected chi connectivity index (χ4v) is 2.63. The number of ether oxygens (including phenoxy) is 1. The van der Waals surface area contributed by atoms with E-state index in [1.54, 1.807) is 34.5 Å². The van der Waals surface area contributed by atoms with Crippen LogP contribution in [-0.4, -0.2) is 28.9 Å². The summed E-state index contributed by atoms with van der Waals surface area (Å²) in [5, 5.41) is 3.23. The first-order chi connectivity index (χ1) is 10.1. The van der Waals surface area contributed by atoms with Gasteiger partial charge in [-0.15, -0.1) is 11.3 Å². The highest BCUT2D eigenvalue weighted by atomic mass is 35.5. The summed E-state index contributed by atoms with van der Waals surface area (Å²) in [7, 11) is 0. The fourth-order valence-electron chi connectivity index (χ4n) is 1.82. The molecule has 0 saturated heterocycles. The second-order valence-electron chi connectivity index (χ2n) is 4.35. The van der Waals surface area contributed by atoms with E-state index in [9.17, 15) is 4.79 Å². The van der Waals surface area contributed by atoms with E-state index in [0.717, 1.165) is 10.8 Å². The van der Waals surface area contributed by atoms with Gasteiger partial charge in [0.2, 0.25) is 0 Å². The van der Waals surface area contributed by atoms with Crippen LogP contribution in [0.3, 0.4) is 0 Å². The molecular weight excluding hydrogens is 308 g/mol. The van der Waals surface area contributed by atoms with E-state index in [0.29, 0.717) is 30.4 Å². The topological polar surface area (TPSA) is 42.4 Å². The molecule has 0 aliphatic carbocycles. The van der Waals surface area contributed by atoms with Gasteiger partial charge in [0.1, 0.15) is 23.1 Å². The highest BCUT2D eigenvalue weighted by Gasteiger charge is 2.16. The average molecular weight is 325 g/mol. The second-order valence-corrected chi connectivity index (χ2v) is 5.73. The Morgan fingerprint density at radius 2 is 1.95 bits per heavy atom. The lowest BCUT2D eigenvalue weighted by atomic mass is 10.3. The molecule has 2 aromatic rings. The summed E-state index contributed by atoms with van der Waals surface area (Å²) >= 11 is 7.25. The molecule has 0 fully saturated rings. The largest absolute Gasteiger partial charge is 0.486 e. The van der Waals surface area contributed by atoms with Crippen LogP contribution >= 0.6 is 22.9 Å². The monoisotopic (exact) mass is 324 g/mol. The number of thiazole rings is 1. The molecule has 0 N–H and O–H groups in total. The third-order valence-corrected chi connectivity index (χ3v) is 4.07. The molecular formula is C15H17ClN2O2S. The summed E-state index contributed by atoms with van der Waals surface area (Å²) in [5.41, 5.74) is 0.485. The van der Waals surface area contributed by atoms with Crippen LogP contribution in [0.15, 0.2) is 29.6 Å². The first-order valence-corrected chi connectivity index (χ1v) is 8.01. The van der Waals surface area contributed by atoms with Crippen molar-refractivity contribution in [1.29, 1.82) is 0 Å². The minimum absolute atomic E-state index is 0.0333. The number of halogens is 1. The molecule has 0 radical (unpaired) electrons. The lowest BCUT2D eigenvalue weighted by Gasteiger charge is -2.16. The number of amides is 1. The van der Waals surface area contributed by atoms with E-state index in [1.807, 2.05) is 13.8 Å². The molecule has 0 spiro atoms. The van der Waals surface area contributed by atoms with Gasteiger partial charge in [-0.25, -0.2) is 4.98 Å². The maximum Gasteiger partial charge on any atom is 0.273 e. The Hall–Kier alpha value is -1.59. The van der Waals surface area contributed by atoms with Gasteiger partial charge in [0.15, 0.2) is 0 Å². The van der Waals surface area contributed by atoms with E-state index in [2.05, 4.69) is 4.98 Å². The van der Waals surface area contributed by atoms with Crippen molar-refractivity contribution >= 4 is 28.8 Å². The van der Waals surface area contributed by atoms with Gasteiger partial charge >= 0.3 is 0 Å². The highest BCUT2D eigenvalue weighted by molar-refractivity contribution is 7.09. The zero-order chi connectivity index (χ0) is 15.2. The average Bonchev–Trinajstić information content (AvgIpc) is 2.97. The van der Waals surface area contributed by atoms with Crippen LogP contribution in [0.2, 0.25) is 5.02 Å². The minimum Gasteiger partial charge on any atom is -0.486 e. The molecule has 1 aromatic heterocycles. The van der Waals surface area contributed by atoms with Crippen molar-refractivity contribution in [3.05, 3.63) is 45.4 Å². The number of benzene rings is 1. The minimum atomic E-state index is -0.0333. The molecule has 1 heterocycles. The van der Waals surface area contributed by atoms with E-state index in [4.69, 9.17) is 16.3 Å². The van der Waals surface area contributed by atoms with Crippen molar-refractivity contribution in [2.75, 3.05) is 13.1 Å². The number of carbonyl (C=O) groups excluding carboxylic acids is 1. The fraction of sp³-hybridized carbons (Fsp3) is 0.333. The zero-order valence-electron chi connectivity index (χ0n) is 12.0. The Morgan fingerprint density at radius 3 is 2.57 bits per heavy atom. The Morgan fingerprint density at radius 1 is 1.29 bits per heavy atom. The molecule has 2 rings (SSSR count). The van der Waals surface area contributed by atoms with Crippen LogP contribution in [0.4, 0.5) is 0 Å². The lowest BCUT2D eigenvalue weighted by molar-refractivity contribution is 0.0767. The van der Waals surface area contributed by atoms with Gasteiger partial charge in [0.25, 0.3) is 5.91 Å². The summed E-state index contributed by atoms with van der Waals surface area (Å²) in [4.78, 5) is 18.2. The number of nitrogens with zero attached hydrogens (tertiary/aromatic N) is 2. The molecule has 21 heavy (non-hydrogen) atoms. The van der Waals surface area contributed by atoms with E-state index >= 15 is 0 Å². The maximum absolute atomic E-state index is 12.1. The Kier molecular flexibility index (Phi) is 5.59. The summed E-state index contributed by atoms with van der Waals surface area (Å²) < 4.78 is 5.62. The first kappa shape index (κ1) is 15.8. The molecule has 6 heteroatoms. The summed E-state index contributed by atoms with van der Waals surface area (Å²) in [6.07, 6.45) is 0. The Bertz CT molecular complexity index is 594. The molecule has 0 unspecified atom stereocenters. The van der Waals surface area contributed by atoms with Crippen LogP contribution in [-0.2, 0) is 6.61 Å². The van der Waals surface area contributed by atoms with Crippen molar-refractivity contribution in [3.63, 3.8) is 0 Å². The zero-order valence-corrected chi connectivity index (χ0v) is 13.6. The van der Waals surface area contributed by atoms with E-state index in [1.165, 1.54) is 11.3 Å². The molecule has 0 atom stereocenters. The second kappa shape index (κ2) is 7.43. The van der Waals surface area contributed by atoms with Gasteiger partial charge in [-0.05, 0) is 38.1 Å². The van der Waals surface area contributed by atoms with Crippen LogP contribution in [0.5, 0.6) is 5.75 Å². The van der Waals surface area contributed by atoms with Crippen LogP contribution in [0.1, 0.15) is 29.3 Å². The first-order valence-electron chi connectivity index (χ1n) is 6.76. The smallest absolute Gasteiger partial charge is 0.273 e. The van der Waals surface area contributed by atoms with Crippen molar-refractivity contribution in [3.8, 4) is 5.75 Å². The quantitative estimate of drug-likeness (QED) is 0.810. The predicted octanol–water partition coefficient (Wildman–Crippen LogP) is 3.86. The molecule has 1 amide bonds. The number of hydrogen-bond acceptors (Lipinski definition) is 4. The summed E-state index contributed by atoms with van der Waals surface area (Å²) in [5.74, 6) is 0.695. The third-order valence-electron chi connectivity index (χ3n) is 3.00. The van der Waals surface area contributed by atoms with Crippen LogP contribution in [0.25, 0.3) is 0 Å². The van der Waals surface area contributed by atoms with Gasteiger partial charge in [-0.1, -0.05) is 11.6 Å². The third kappa shape index (κ3) is 4.19. The number of aromatic nitrogens is 1. The van der Waals surface area contributed by atoms with E-state index < -0.39 is 0 Å². The maximum atomic E-state index is 12.1. The Balaban J connectivity index is 1.97. The molecule has 0 saturated carbocycles. The van der Waals surface area contributed by atoms with Crippen molar-refractivity contribution in [1.82, 2.24) is 9.88 Å². The standard InChI is InChI=1S/C15H17ClN2O2S/c1-3-18(4-2)15(19)13-10-21-14(17-13)9-20-12-7-5-11(16)6-8-12/h5-8,10H,3-4,9H2,1-2H3.